The summed E-state index contributed by atoms with van der Waals surface area (Å²) in [5.74, 6) is -1.69. The maximum Gasteiger partial charge on any atom is 0.490 e. The average Bonchev–Trinajstić information content (AvgIpc) is 3.48. The lowest BCUT2D eigenvalue weighted by molar-refractivity contribution is -0.192. The van der Waals surface area contributed by atoms with Crippen molar-refractivity contribution in [2.75, 3.05) is 26.2 Å². The zero-order valence-corrected chi connectivity index (χ0v) is 17.5. The molecule has 1 saturated heterocycles. The van der Waals surface area contributed by atoms with Gasteiger partial charge in [0.25, 0.3) is 0 Å². The van der Waals surface area contributed by atoms with Crippen LogP contribution in [0.25, 0.3) is 0 Å². The first-order valence-corrected chi connectivity index (χ1v) is 10.3. The number of halogens is 3. The van der Waals surface area contributed by atoms with Crippen molar-refractivity contribution in [3.63, 3.8) is 0 Å². The van der Waals surface area contributed by atoms with Gasteiger partial charge in [-0.25, -0.2) is 4.79 Å². The first-order valence-electron chi connectivity index (χ1n) is 10.3. The zero-order chi connectivity index (χ0) is 23.1. The number of fused-ring (bicyclic) bond motifs is 1. The summed E-state index contributed by atoms with van der Waals surface area (Å²) in [6.45, 7) is 5.10. The number of furan rings is 1. The summed E-state index contributed by atoms with van der Waals surface area (Å²) in [7, 11) is 0. The van der Waals surface area contributed by atoms with Gasteiger partial charge in [0, 0.05) is 44.6 Å². The molecule has 0 bridgehead atoms. The molecule has 1 amide bonds. The Morgan fingerprint density at radius 1 is 1.16 bits per heavy atom. The van der Waals surface area contributed by atoms with E-state index in [-0.39, 0.29) is 18.6 Å². The third kappa shape index (κ3) is 6.86. The Bertz CT molecular complexity index is 876. The molecule has 0 aromatic carbocycles. The number of hydrogen-bond donors (Lipinski definition) is 1. The van der Waals surface area contributed by atoms with E-state index in [1.165, 1.54) is 5.69 Å². The molecule has 0 saturated carbocycles. The van der Waals surface area contributed by atoms with E-state index in [1.54, 1.807) is 6.26 Å². The van der Waals surface area contributed by atoms with E-state index in [0.29, 0.717) is 0 Å². The van der Waals surface area contributed by atoms with Crippen LogP contribution in [0.15, 0.2) is 41.1 Å². The monoisotopic (exact) mass is 457 g/mol. The highest BCUT2D eigenvalue weighted by Gasteiger charge is 2.38. The Morgan fingerprint density at radius 3 is 2.50 bits per heavy atom. The molecule has 2 aliphatic rings. The van der Waals surface area contributed by atoms with Gasteiger partial charge in [-0.1, -0.05) is 0 Å². The number of likely N-dealkylation sites (tertiary alicyclic amines) is 1. The van der Waals surface area contributed by atoms with E-state index in [2.05, 4.69) is 27.8 Å². The minimum Gasteiger partial charge on any atom is -0.475 e. The van der Waals surface area contributed by atoms with Crippen LogP contribution in [0.5, 0.6) is 0 Å². The van der Waals surface area contributed by atoms with Crippen LogP contribution < -0.4 is 0 Å². The van der Waals surface area contributed by atoms with Crippen LogP contribution in [0.1, 0.15) is 24.3 Å². The minimum absolute atomic E-state index is 0.00448. The van der Waals surface area contributed by atoms with Crippen LogP contribution in [-0.2, 0) is 34.0 Å². The molecule has 2 aromatic rings. The topological polar surface area (TPSA) is 88.2 Å². The van der Waals surface area contributed by atoms with E-state index in [9.17, 15) is 18.0 Å². The predicted molar refractivity (Wildman–Crippen MR) is 106 cm³/mol. The molecule has 0 spiro atoms. The van der Waals surface area contributed by atoms with Gasteiger partial charge in [-0.3, -0.25) is 9.69 Å². The quantitative estimate of drug-likeness (QED) is 0.743. The van der Waals surface area contributed by atoms with E-state index in [0.717, 1.165) is 57.9 Å². The summed E-state index contributed by atoms with van der Waals surface area (Å²) >= 11 is 0. The molecule has 1 fully saturated rings. The van der Waals surface area contributed by atoms with Crippen LogP contribution in [0.3, 0.4) is 0 Å². The summed E-state index contributed by atoms with van der Waals surface area (Å²) in [5, 5.41) is 7.12. The van der Waals surface area contributed by atoms with E-state index >= 15 is 0 Å². The molecule has 2 aromatic heterocycles. The number of carboxylic acids is 1. The zero-order valence-electron chi connectivity index (χ0n) is 17.5. The van der Waals surface area contributed by atoms with Crippen LogP contribution >= 0.6 is 0 Å². The molecule has 176 valence electrons. The first-order chi connectivity index (χ1) is 15.2. The Morgan fingerprint density at radius 2 is 1.88 bits per heavy atom. The normalized spacial score (nSPS) is 19.1. The van der Waals surface area contributed by atoms with Gasteiger partial charge in [-0.15, -0.1) is 0 Å². The Hall–Kier alpha value is -2.79. The summed E-state index contributed by atoms with van der Waals surface area (Å²) in [6.07, 6.45) is 0.927. The molecule has 4 rings (SSSR count). The average molecular weight is 457 g/mol. The number of amides is 1. The lowest BCUT2D eigenvalue weighted by Gasteiger charge is -2.24. The third-order valence-corrected chi connectivity index (χ3v) is 5.27. The molecular weight excluding hydrogens is 431 g/mol. The molecule has 0 aliphatic carbocycles. The van der Waals surface area contributed by atoms with Gasteiger partial charge >= 0.3 is 12.1 Å². The fraction of sp³-hybridized carbons (Fsp3) is 0.524. The number of carboxylic acid groups (broad SMARTS) is 1. The van der Waals surface area contributed by atoms with Crippen molar-refractivity contribution in [3.05, 3.63) is 48.2 Å². The molecule has 0 radical (unpaired) electrons. The summed E-state index contributed by atoms with van der Waals surface area (Å²) < 4.78 is 45.5. The molecule has 1 unspecified atom stereocenters. The number of nitrogens with zero attached hydrogens (tertiary/aromatic N) is 3. The van der Waals surface area contributed by atoms with Crippen LogP contribution in [0.2, 0.25) is 0 Å². The second-order valence-electron chi connectivity index (χ2n) is 7.72. The lowest BCUT2D eigenvalue weighted by Crippen LogP contribution is -2.37. The second kappa shape index (κ2) is 10.7. The second-order valence-corrected chi connectivity index (χ2v) is 7.72. The largest absolute Gasteiger partial charge is 0.490 e. The van der Waals surface area contributed by atoms with E-state index in [4.69, 9.17) is 19.1 Å². The van der Waals surface area contributed by atoms with Crippen molar-refractivity contribution in [1.29, 1.82) is 0 Å². The number of alkyl halides is 3. The van der Waals surface area contributed by atoms with E-state index in [1.807, 2.05) is 17.0 Å². The van der Waals surface area contributed by atoms with Crippen LogP contribution in [-0.4, -0.2) is 69.9 Å². The highest BCUT2D eigenvalue weighted by molar-refractivity contribution is 5.77. The number of hydrogen-bond acceptors (Lipinski definition) is 5. The van der Waals surface area contributed by atoms with Crippen molar-refractivity contribution in [2.24, 2.45) is 0 Å². The fourth-order valence-electron chi connectivity index (χ4n) is 3.73. The summed E-state index contributed by atoms with van der Waals surface area (Å²) in [4.78, 5) is 25.4. The van der Waals surface area contributed by atoms with Gasteiger partial charge in [0.05, 0.1) is 18.9 Å². The molecule has 32 heavy (non-hydrogen) atoms. The van der Waals surface area contributed by atoms with Crippen molar-refractivity contribution in [2.45, 2.75) is 44.8 Å². The van der Waals surface area contributed by atoms with Crippen molar-refractivity contribution in [1.82, 2.24) is 14.4 Å². The SMILES string of the molecule is O=C(COC1CN(Cc2ccco2)Cc2cccn2C1)N1CCCC1.O=C(O)C(F)(F)F. The van der Waals surface area contributed by atoms with Crippen LogP contribution in [0.4, 0.5) is 13.2 Å². The van der Waals surface area contributed by atoms with Gasteiger partial charge < -0.3 is 23.7 Å². The third-order valence-electron chi connectivity index (χ3n) is 5.27. The Balaban J connectivity index is 0.000000360. The Kier molecular flexibility index (Phi) is 7.97. The molecule has 4 heterocycles. The molecule has 8 nitrogen and oxygen atoms in total. The number of ether oxygens (including phenoxy) is 1. The number of aromatic nitrogens is 1. The fourth-order valence-corrected chi connectivity index (χ4v) is 3.73. The predicted octanol–water partition coefficient (Wildman–Crippen LogP) is 2.74. The number of aliphatic carboxylic acids is 1. The van der Waals surface area contributed by atoms with Crippen molar-refractivity contribution in [3.8, 4) is 0 Å². The summed E-state index contributed by atoms with van der Waals surface area (Å²) in [6, 6.07) is 8.13. The maximum atomic E-state index is 12.3. The minimum atomic E-state index is -5.08. The van der Waals surface area contributed by atoms with Gasteiger partial charge in [0.2, 0.25) is 5.91 Å². The van der Waals surface area contributed by atoms with E-state index < -0.39 is 12.1 Å². The molecular formula is C21H26F3N3O5. The summed E-state index contributed by atoms with van der Waals surface area (Å²) in [5.41, 5.74) is 1.27. The molecule has 2 aliphatic heterocycles. The van der Waals surface area contributed by atoms with Crippen molar-refractivity contribution >= 4 is 11.9 Å². The molecule has 11 heteroatoms. The number of rotatable bonds is 5. The van der Waals surface area contributed by atoms with Gasteiger partial charge in [-0.2, -0.15) is 13.2 Å². The lowest BCUT2D eigenvalue weighted by atomic mass is 10.3. The first kappa shape index (κ1) is 23.9. The smallest absolute Gasteiger partial charge is 0.475 e. The highest BCUT2D eigenvalue weighted by atomic mass is 19.4. The van der Waals surface area contributed by atoms with Gasteiger partial charge in [0.1, 0.15) is 12.4 Å². The van der Waals surface area contributed by atoms with Crippen molar-refractivity contribution < 1.29 is 37.0 Å². The van der Waals surface area contributed by atoms with Gasteiger partial charge in [-0.05, 0) is 37.1 Å². The van der Waals surface area contributed by atoms with Crippen LogP contribution in [0, 0.1) is 0 Å². The standard InChI is InChI=1S/C19H25N3O3.C2HF3O2/c23-19(21-7-1-2-8-21)15-25-18-13-20(12-17-6-4-10-24-17)11-16-5-3-9-22(16)14-18;3-2(4,5)1(6)7/h3-6,9-10,18H,1-2,7-8,11-15H2;(H,6,7). The molecule has 1 N–H and O–H groups in total. The molecule has 1 atom stereocenters. The highest BCUT2D eigenvalue weighted by Crippen LogP contribution is 2.18. The maximum absolute atomic E-state index is 12.3. The van der Waals surface area contributed by atoms with Gasteiger partial charge in [0.15, 0.2) is 0 Å². The Labute approximate surface area is 183 Å². The number of carbonyl (C=O) groups is 2. The number of carbonyl (C=O) groups excluding carboxylic acids is 1.